The van der Waals surface area contributed by atoms with E-state index in [-0.39, 0.29) is 23.9 Å². The molecule has 178 valence electrons. The molecule has 1 saturated carbocycles. The van der Waals surface area contributed by atoms with Gasteiger partial charge in [-0.05, 0) is 56.2 Å². The molecule has 1 aromatic heterocycles. The van der Waals surface area contributed by atoms with Crippen molar-refractivity contribution in [3.8, 4) is 11.4 Å². The number of nitrogens with one attached hydrogen (secondary N) is 2. The number of benzene rings is 2. The summed E-state index contributed by atoms with van der Waals surface area (Å²) in [5.41, 5.74) is 1.07. The maximum atomic E-state index is 13.3. The number of thioether (sulfide) groups is 1. The number of carbonyl (C=O) groups is 2. The molecule has 34 heavy (non-hydrogen) atoms. The molecule has 0 radical (unpaired) electrons. The van der Waals surface area contributed by atoms with Gasteiger partial charge in [-0.25, -0.2) is 9.78 Å². The van der Waals surface area contributed by atoms with Crippen molar-refractivity contribution in [1.29, 1.82) is 0 Å². The zero-order valence-electron chi connectivity index (χ0n) is 19.1. The second-order valence-corrected chi connectivity index (χ2v) is 9.14. The first kappa shape index (κ1) is 23.8. The van der Waals surface area contributed by atoms with Crippen molar-refractivity contribution < 1.29 is 14.3 Å². The molecule has 1 aliphatic carbocycles. The van der Waals surface area contributed by atoms with Crippen molar-refractivity contribution in [2.45, 2.75) is 50.2 Å². The molecular weight excluding hydrogens is 452 g/mol. The zero-order chi connectivity index (χ0) is 23.9. The standard InChI is InChI=1S/C25H28N4O4S/c1-2-33-19-13-11-18(12-14-19)29-23(31)20-9-5-6-10-21(20)27-25(29)34-16-15-22(30)28-24(32)26-17-7-3-4-8-17/h5-6,9-14,17H,2-4,7-8,15-16H2,1H3,(H2,26,28,30,32). The smallest absolute Gasteiger partial charge is 0.321 e. The minimum absolute atomic E-state index is 0.120. The van der Waals surface area contributed by atoms with Gasteiger partial charge in [-0.3, -0.25) is 19.5 Å². The van der Waals surface area contributed by atoms with Crippen LogP contribution in [-0.2, 0) is 4.79 Å². The lowest BCUT2D eigenvalue weighted by Gasteiger charge is -2.14. The number of urea groups is 1. The van der Waals surface area contributed by atoms with Crippen LogP contribution in [0.1, 0.15) is 39.0 Å². The highest BCUT2D eigenvalue weighted by Crippen LogP contribution is 2.23. The second-order valence-electron chi connectivity index (χ2n) is 8.08. The van der Waals surface area contributed by atoms with Crippen molar-refractivity contribution in [3.05, 3.63) is 58.9 Å². The van der Waals surface area contributed by atoms with E-state index in [1.54, 1.807) is 16.7 Å². The fraction of sp³-hybridized carbons (Fsp3) is 0.360. The van der Waals surface area contributed by atoms with Crippen LogP contribution in [0.5, 0.6) is 5.75 Å². The first-order chi connectivity index (χ1) is 16.5. The van der Waals surface area contributed by atoms with Crippen LogP contribution in [0.15, 0.2) is 58.5 Å². The lowest BCUT2D eigenvalue weighted by molar-refractivity contribution is -0.119. The van der Waals surface area contributed by atoms with Gasteiger partial charge in [-0.1, -0.05) is 36.7 Å². The van der Waals surface area contributed by atoms with Gasteiger partial charge in [0.2, 0.25) is 5.91 Å². The Balaban J connectivity index is 1.48. The molecule has 0 saturated heterocycles. The van der Waals surface area contributed by atoms with Gasteiger partial charge in [0.25, 0.3) is 5.56 Å². The lowest BCUT2D eigenvalue weighted by atomic mass is 10.2. The van der Waals surface area contributed by atoms with Gasteiger partial charge in [-0.2, -0.15) is 0 Å². The Morgan fingerprint density at radius 2 is 1.85 bits per heavy atom. The van der Waals surface area contributed by atoms with Crippen molar-refractivity contribution in [2.24, 2.45) is 0 Å². The van der Waals surface area contributed by atoms with E-state index in [0.717, 1.165) is 31.4 Å². The van der Waals surface area contributed by atoms with Crippen molar-refractivity contribution in [3.63, 3.8) is 0 Å². The van der Waals surface area contributed by atoms with Gasteiger partial charge in [0.05, 0.1) is 23.2 Å². The minimum atomic E-state index is -0.447. The average Bonchev–Trinajstić information content (AvgIpc) is 3.33. The molecule has 8 nitrogen and oxygen atoms in total. The van der Waals surface area contributed by atoms with E-state index in [0.29, 0.717) is 34.1 Å². The molecule has 3 aromatic rings. The maximum absolute atomic E-state index is 13.3. The largest absolute Gasteiger partial charge is 0.494 e. The molecule has 0 spiro atoms. The monoisotopic (exact) mass is 480 g/mol. The van der Waals surface area contributed by atoms with Crippen LogP contribution in [0, 0.1) is 0 Å². The van der Waals surface area contributed by atoms with E-state index in [9.17, 15) is 14.4 Å². The number of carbonyl (C=O) groups excluding carboxylic acids is 2. The third kappa shape index (κ3) is 5.77. The number of fused-ring (bicyclic) bond motifs is 1. The van der Waals surface area contributed by atoms with Gasteiger partial charge >= 0.3 is 6.03 Å². The summed E-state index contributed by atoms with van der Waals surface area (Å²) in [5, 5.41) is 6.24. The summed E-state index contributed by atoms with van der Waals surface area (Å²) in [7, 11) is 0. The Labute approximate surface area is 202 Å². The van der Waals surface area contributed by atoms with Crippen LogP contribution in [0.25, 0.3) is 16.6 Å². The number of hydrogen-bond donors (Lipinski definition) is 2. The lowest BCUT2D eigenvalue weighted by Crippen LogP contribution is -2.43. The molecule has 2 N–H and O–H groups in total. The van der Waals surface area contributed by atoms with Crippen LogP contribution >= 0.6 is 11.8 Å². The number of imide groups is 1. The Bertz CT molecular complexity index is 1220. The molecule has 0 atom stereocenters. The quantitative estimate of drug-likeness (QED) is 0.373. The summed E-state index contributed by atoms with van der Waals surface area (Å²) in [6.45, 7) is 2.47. The normalized spacial score (nSPS) is 13.7. The first-order valence-electron chi connectivity index (χ1n) is 11.5. The molecule has 1 heterocycles. The number of aromatic nitrogens is 2. The van der Waals surface area contributed by atoms with E-state index >= 15 is 0 Å². The minimum Gasteiger partial charge on any atom is -0.494 e. The number of para-hydroxylation sites is 1. The Hall–Kier alpha value is -3.33. The topological polar surface area (TPSA) is 102 Å². The van der Waals surface area contributed by atoms with Crippen LogP contribution in [0.2, 0.25) is 0 Å². The van der Waals surface area contributed by atoms with Gasteiger partial charge in [0.15, 0.2) is 5.16 Å². The van der Waals surface area contributed by atoms with E-state index in [2.05, 4.69) is 15.6 Å². The summed E-state index contributed by atoms with van der Waals surface area (Å²) >= 11 is 1.30. The van der Waals surface area contributed by atoms with Crippen LogP contribution in [0.3, 0.4) is 0 Å². The number of rotatable bonds is 8. The van der Waals surface area contributed by atoms with E-state index in [1.807, 2.05) is 43.3 Å². The fourth-order valence-corrected chi connectivity index (χ4v) is 4.96. The molecular formula is C25H28N4O4S. The Morgan fingerprint density at radius 1 is 1.12 bits per heavy atom. The number of amides is 3. The average molecular weight is 481 g/mol. The van der Waals surface area contributed by atoms with E-state index in [4.69, 9.17) is 4.74 Å². The van der Waals surface area contributed by atoms with Crippen molar-refractivity contribution in [2.75, 3.05) is 12.4 Å². The maximum Gasteiger partial charge on any atom is 0.321 e. The van der Waals surface area contributed by atoms with Gasteiger partial charge in [0, 0.05) is 18.2 Å². The molecule has 3 amide bonds. The van der Waals surface area contributed by atoms with Crippen LogP contribution in [-0.4, -0.2) is 39.9 Å². The number of hydrogen-bond acceptors (Lipinski definition) is 6. The van der Waals surface area contributed by atoms with E-state index < -0.39 is 6.03 Å². The molecule has 0 unspecified atom stereocenters. The van der Waals surface area contributed by atoms with Crippen molar-refractivity contribution in [1.82, 2.24) is 20.2 Å². The van der Waals surface area contributed by atoms with Gasteiger partial charge < -0.3 is 10.1 Å². The van der Waals surface area contributed by atoms with Crippen LogP contribution < -0.4 is 20.9 Å². The fourth-order valence-electron chi connectivity index (χ4n) is 4.01. The van der Waals surface area contributed by atoms with E-state index in [1.165, 1.54) is 11.8 Å². The highest BCUT2D eigenvalue weighted by molar-refractivity contribution is 7.99. The molecule has 1 aliphatic rings. The molecule has 2 aromatic carbocycles. The molecule has 9 heteroatoms. The molecule has 1 fully saturated rings. The predicted octanol–water partition coefficient (Wildman–Crippen LogP) is 4.04. The van der Waals surface area contributed by atoms with Crippen LogP contribution in [0.4, 0.5) is 4.79 Å². The summed E-state index contributed by atoms with van der Waals surface area (Å²) in [4.78, 5) is 42.3. The second kappa shape index (κ2) is 11.2. The molecule has 0 aliphatic heterocycles. The highest BCUT2D eigenvalue weighted by atomic mass is 32.2. The van der Waals surface area contributed by atoms with Crippen molar-refractivity contribution >= 4 is 34.6 Å². The molecule has 0 bridgehead atoms. The molecule has 4 rings (SSSR count). The Kier molecular flexibility index (Phi) is 7.84. The zero-order valence-corrected chi connectivity index (χ0v) is 19.9. The summed E-state index contributed by atoms with van der Waals surface area (Å²) in [5.74, 6) is 0.721. The predicted molar refractivity (Wildman–Crippen MR) is 133 cm³/mol. The SMILES string of the molecule is CCOc1ccc(-n2c(SCCC(=O)NC(=O)NC3CCCC3)nc3ccccc3c2=O)cc1. The summed E-state index contributed by atoms with van der Waals surface area (Å²) < 4.78 is 7.06. The third-order valence-electron chi connectivity index (χ3n) is 5.65. The summed E-state index contributed by atoms with van der Waals surface area (Å²) in [6, 6.07) is 14.1. The third-order valence-corrected chi connectivity index (χ3v) is 6.59. The first-order valence-corrected chi connectivity index (χ1v) is 12.5. The number of nitrogens with zero attached hydrogens (tertiary/aromatic N) is 2. The number of ether oxygens (including phenoxy) is 1. The highest BCUT2D eigenvalue weighted by Gasteiger charge is 2.19. The summed E-state index contributed by atoms with van der Waals surface area (Å²) in [6.07, 6.45) is 4.23. The Morgan fingerprint density at radius 3 is 2.59 bits per heavy atom. The van der Waals surface area contributed by atoms with Gasteiger partial charge in [0.1, 0.15) is 5.75 Å². The van der Waals surface area contributed by atoms with Gasteiger partial charge in [-0.15, -0.1) is 0 Å².